The number of likely N-dealkylation sites (N-methyl/N-ethyl adjacent to an activating group) is 1. The van der Waals surface area contributed by atoms with Crippen molar-refractivity contribution in [2.45, 2.75) is 116 Å². The molecule has 17 nitrogen and oxygen atoms in total. The first kappa shape index (κ1) is 60.1. The van der Waals surface area contributed by atoms with Crippen molar-refractivity contribution in [1.29, 1.82) is 0 Å². The molecule has 2 aromatic heterocycles. The highest BCUT2D eigenvalue weighted by Crippen LogP contribution is 2.42. The van der Waals surface area contributed by atoms with Crippen LogP contribution in [0.5, 0.6) is 0 Å². The van der Waals surface area contributed by atoms with Crippen molar-refractivity contribution in [2.24, 2.45) is 10.8 Å². The number of amides is 4. The van der Waals surface area contributed by atoms with E-state index in [4.69, 9.17) is 0 Å². The molecule has 2 aliphatic heterocycles. The minimum Gasteiger partial charge on any atom is -0.465 e. The van der Waals surface area contributed by atoms with E-state index in [2.05, 4.69) is 48.7 Å². The first-order chi connectivity index (χ1) is 36.4. The second kappa shape index (κ2) is 24.2. The zero-order valence-electron chi connectivity index (χ0n) is 42.9. The third-order valence-corrected chi connectivity index (χ3v) is 14.1. The first-order valence-corrected chi connectivity index (χ1v) is 24.3. The van der Waals surface area contributed by atoms with Crippen molar-refractivity contribution in [1.82, 2.24) is 46.0 Å². The zero-order valence-corrected chi connectivity index (χ0v) is 42.9. The molecule has 2 fully saturated rings. The van der Waals surface area contributed by atoms with Crippen LogP contribution in [0.2, 0.25) is 0 Å². The molecule has 6 N–H and O–H groups in total. The quantitative estimate of drug-likeness (QED) is 0.0315. The predicted octanol–water partition coefficient (Wildman–Crippen LogP) is 7.15. The summed E-state index contributed by atoms with van der Waals surface area (Å²) in [6.07, 6.45) is -11.2. The van der Waals surface area contributed by atoms with E-state index in [1.54, 1.807) is 6.20 Å². The van der Waals surface area contributed by atoms with Crippen LogP contribution in [0.1, 0.15) is 76.3 Å². The van der Waals surface area contributed by atoms with Crippen LogP contribution in [0.4, 0.5) is 59.3 Å². The molecular weight excluding hydrogens is 1050 g/mol. The number of hydrogen-bond acceptors (Lipinski definition) is 11. The Balaban J connectivity index is 1.33. The number of piperazine rings is 1. The van der Waals surface area contributed by atoms with Crippen LogP contribution in [0.25, 0.3) is 11.1 Å². The minimum absolute atomic E-state index is 0.185. The third kappa shape index (κ3) is 14.1. The molecule has 6 rings (SSSR count). The van der Waals surface area contributed by atoms with Crippen LogP contribution >= 0.6 is 0 Å². The van der Waals surface area contributed by atoms with E-state index >= 15 is 8.78 Å². The van der Waals surface area contributed by atoms with E-state index in [0.29, 0.717) is 68.0 Å². The van der Waals surface area contributed by atoms with Crippen molar-refractivity contribution in [2.75, 3.05) is 38.2 Å². The van der Waals surface area contributed by atoms with E-state index in [0.717, 1.165) is 57.8 Å². The Morgan fingerprint density at radius 3 is 1.87 bits per heavy atom. The smallest absolute Gasteiger partial charge is 0.407 e. The van der Waals surface area contributed by atoms with Gasteiger partial charge in [0.1, 0.15) is 29.5 Å². The number of nitrogens with zero attached hydrogens (tertiary/aromatic N) is 6. The normalized spacial score (nSPS) is 17.7. The fraction of sp³-hybridized carbons (Fsp3) is 0.490. The number of hydrogen-bond donors (Lipinski definition) is 6. The van der Waals surface area contributed by atoms with Crippen LogP contribution < -0.4 is 26.3 Å². The number of ether oxygens (including phenoxy) is 1. The van der Waals surface area contributed by atoms with Crippen LogP contribution in [-0.2, 0) is 27.3 Å². The number of aliphatic hydroxyl groups is 1. The van der Waals surface area contributed by atoms with Gasteiger partial charge in [0, 0.05) is 72.9 Å². The highest BCUT2D eigenvalue weighted by Gasteiger charge is 2.57. The lowest BCUT2D eigenvalue weighted by atomic mass is 9.82. The summed E-state index contributed by atoms with van der Waals surface area (Å²) in [6, 6.07) is 5.04. The molecule has 2 unspecified atom stereocenters. The maximum absolute atomic E-state index is 16.0. The fourth-order valence-electron chi connectivity index (χ4n) is 9.22. The van der Waals surface area contributed by atoms with Gasteiger partial charge in [0.25, 0.3) is 5.91 Å². The number of nitrogens with one attached hydrogen (secondary N) is 4. The van der Waals surface area contributed by atoms with Gasteiger partial charge in [0.05, 0.1) is 36.3 Å². The summed E-state index contributed by atoms with van der Waals surface area (Å²) in [4.78, 5) is 61.4. The lowest BCUT2D eigenvalue weighted by molar-refractivity contribution is -0.221. The molecule has 0 spiro atoms. The van der Waals surface area contributed by atoms with Gasteiger partial charge in [-0.3, -0.25) is 19.9 Å². The Morgan fingerprint density at radius 1 is 0.808 bits per heavy atom. The first-order valence-electron chi connectivity index (χ1n) is 24.3. The van der Waals surface area contributed by atoms with E-state index in [-0.39, 0.29) is 21.4 Å². The van der Waals surface area contributed by atoms with Gasteiger partial charge in [-0.15, -0.1) is 0 Å². The third-order valence-electron chi connectivity index (χ3n) is 14.1. The Morgan fingerprint density at radius 2 is 1.37 bits per heavy atom. The summed E-state index contributed by atoms with van der Waals surface area (Å²) in [7, 11) is 0.812. The minimum atomic E-state index is -5.28. The zero-order chi connectivity index (χ0) is 57.7. The number of pyridine rings is 1. The number of halogens is 10. The largest absolute Gasteiger partial charge is 0.465 e. The van der Waals surface area contributed by atoms with Gasteiger partial charge in [-0.2, -0.15) is 40.2 Å². The molecule has 6 atom stereocenters. The number of carbonyl (C=O) groups excluding carboxylic acids is 3. The lowest BCUT2D eigenvalue weighted by Gasteiger charge is -2.41. The molecule has 0 saturated carbocycles. The van der Waals surface area contributed by atoms with E-state index in [9.17, 15) is 64.5 Å². The fourth-order valence-corrected chi connectivity index (χ4v) is 9.22. The van der Waals surface area contributed by atoms with E-state index in [1.807, 2.05) is 22.9 Å². The number of carboxylic acid groups (broad SMARTS) is 1. The van der Waals surface area contributed by atoms with Crippen LogP contribution in [0, 0.1) is 34.3 Å². The summed E-state index contributed by atoms with van der Waals surface area (Å²) in [5, 5.41) is 30.9. The monoisotopic (exact) mass is 1110 g/mol. The number of anilines is 1. The maximum atomic E-state index is 16.0. The lowest BCUT2D eigenvalue weighted by Crippen LogP contribution is -2.63. The number of hydrazine groups is 1. The maximum Gasteiger partial charge on any atom is 0.407 e. The predicted molar refractivity (Wildman–Crippen MR) is 261 cm³/mol. The van der Waals surface area contributed by atoms with Gasteiger partial charge in [-0.05, 0) is 101 Å². The number of alkyl carbamates (subject to hydrolysis) is 1. The molecule has 2 aromatic carbocycles. The molecule has 2 saturated heterocycles. The van der Waals surface area contributed by atoms with Gasteiger partial charge < -0.3 is 35.8 Å². The molecule has 2 bridgehead atoms. The van der Waals surface area contributed by atoms with Gasteiger partial charge in [-0.25, -0.2) is 33.0 Å². The number of methoxy groups -OCH3 is 1. The number of carbonyl (C=O) groups is 4. The molecule has 27 heteroatoms. The Bertz CT molecular complexity index is 2800. The molecule has 78 heavy (non-hydrogen) atoms. The van der Waals surface area contributed by atoms with E-state index in [1.165, 1.54) is 29.6 Å². The standard InChI is InChI=1S/C51H58F10N10O7/c1-7-70-33-15-16-34(70)25-68(24-33)40-17-14-30(21-62-40)13-10-28-8-11-29(12-9-28)18-38(64-43(73)41(66-47(77)78-6)48(2,3)50(56,57)58)39(72)27-69(67-44(74)42(65-46(75)76)49(4,5)51(59,60)61)26-35-36(52)19-31(20-37(35)53)32-22-63-71(23-32)45(54)55/h8-9,11-12,14,17,19-23,33-34,38-39,41-42,45,65,72H,7,15-16,18,24-27H2,1-6H3,(H,64,73)(H,66,77)(H,67,74)(H,75,76)/t33?,34?,38-,39-,41+,42+/m0/s1. The SMILES string of the molecule is CCN1C2CCC1CN(c1ccc(C#Cc3ccc(C[C@H](NC(=O)[C@@H](NC(=O)OC)C(C)(C)C(F)(F)F)[C@@H](O)CN(Cc4c(F)cc(-c5cnn(C(F)F)c5)cc4F)NC(=O)[C@@H](NC(=O)O)C(C)(C)C(F)(F)F)cc3)cn1)C2. The number of aromatic nitrogens is 3. The van der Waals surface area contributed by atoms with Crippen LogP contribution in [0.3, 0.4) is 0 Å². The van der Waals surface area contributed by atoms with Crippen molar-refractivity contribution in [3.8, 4) is 23.0 Å². The van der Waals surface area contributed by atoms with E-state index < -0.39 is 115 Å². The molecule has 4 heterocycles. The van der Waals surface area contributed by atoms with Crippen molar-refractivity contribution in [3.05, 3.63) is 101 Å². The van der Waals surface area contributed by atoms with Gasteiger partial charge in [-0.1, -0.05) is 30.9 Å². The molecule has 4 amide bonds. The summed E-state index contributed by atoms with van der Waals surface area (Å²) in [6.45, 7) is 1.51. The number of rotatable bonds is 19. The van der Waals surface area contributed by atoms with Crippen LogP contribution in [0.15, 0.2) is 67.1 Å². The Labute approximate surface area is 441 Å². The summed E-state index contributed by atoms with van der Waals surface area (Å²) >= 11 is 0. The molecular formula is C51H58F10N10O7. The van der Waals surface area contributed by atoms with Gasteiger partial charge in [0.2, 0.25) is 5.91 Å². The Kier molecular flexibility index (Phi) is 18.7. The highest BCUT2D eigenvalue weighted by atomic mass is 19.4. The summed E-state index contributed by atoms with van der Waals surface area (Å²) in [5.41, 5.74) is -4.45. The number of fused-ring (bicyclic) bond motifs is 2. The average molecular weight is 1110 g/mol. The highest BCUT2D eigenvalue weighted by molar-refractivity contribution is 5.87. The number of alkyl halides is 8. The van der Waals surface area contributed by atoms with Crippen molar-refractivity contribution in [3.63, 3.8) is 0 Å². The summed E-state index contributed by atoms with van der Waals surface area (Å²) < 4.78 is 150. The second-order valence-electron chi connectivity index (χ2n) is 20.0. The van der Waals surface area contributed by atoms with Gasteiger partial charge >= 0.3 is 31.1 Å². The number of aliphatic hydroxyl groups excluding tert-OH is 1. The molecule has 0 radical (unpaired) electrons. The average Bonchev–Trinajstić information content (AvgIpc) is 3.96. The molecule has 0 aliphatic carbocycles. The molecule has 424 valence electrons. The second-order valence-corrected chi connectivity index (χ2v) is 20.0. The Hall–Kier alpha value is -7.18. The summed E-state index contributed by atoms with van der Waals surface area (Å²) in [5.74, 6) is 0.640. The molecule has 4 aromatic rings. The van der Waals surface area contributed by atoms with Crippen LogP contribution in [-0.4, -0.2) is 141 Å². The number of benzene rings is 2. The van der Waals surface area contributed by atoms with Gasteiger partial charge in [0.15, 0.2) is 0 Å². The van der Waals surface area contributed by atoms with Crippen molar-refractivity contribution < 1.29 is 78.0 Å². The topological polar surface area (TPSA) is 207 Å². The molecule has 2 aliphatic rings. The van der Waals surface area contributed by atoms with Crippen molar-refractivity contribution >= 4 is 29.8 Å².